The Hall–Kier alpha value is -1.28. The molecule has 2 rings (SSSR count). The van der Waals surface area contributed by atoms with Crippen molar-refractivity contribution < 1.29 is 14.7 Å². The second-order valence-corrected chi connectivity index (χ2v) is 6.88. The van der Waals surface area contributed by atoms with Crippen molar-refractivity contribution in [1.82, 2.24) is 9.47 Å². The Kier molecular flexibility index (Phi) is 5.46. The first-order valence-electron chi connectivity index (χ1n) is 6.75. The number of aryl methyl sites for hydroxylation is 1. The molecule has 8 heteroatoms. The standard InChI is InChI=1S/C13H18N2O4S2/c1-9-7-21-13(19)14(9)4-2-3-11(16)15-5-6-20-8-10(15)12(17)18/h7,10H,2-6,8H2,1H3,(H,17,18). The normalized spacial score (nSPS) is 18.7. The number of thioether (sulfide) groups is 1. The highest BCUT2D eigenvalue weighted by Crippen LogP contribution is 2.18. The van der Waals surface area contributed by atoms with Crippen LogP contribution in [0, 0.1) is 6.92 Å². The van der Waals surface area contributed by atoms with Crippen LogP contribution in [0.25, 0.3) is 0 Å². The molecule has 21 heavy (non-hydrogen) atoms. The van der Waals surface area contributed by atoms with E-state index in [2.05, 4.69) is 0 Å². The molecule has 1 unspecified atom stereocenters. The van der Waals surface area contributed by atoms with Crippen LogP contribution in [0.1, 0.15) is 18.5 Å². The van der Waals surface area contributed by atoms with Crippen LogP contribution < -0.4 is 4.87 Å². The molecule has 0 saturated carbocycles. The Labute approximate surface area is 130 Å². The minimum absolute atomic E-state index is 0.0160. The lowest BCUT2D eigenvalue weighted by molar-refractivity contribution is -0.149. The number of carboxylic acid groups (broad SMARTS) is 1. The van der Waals surface area contributed by atoms with Crippen LogP contribution in [-0.4, -0.2) is 50.5 Å². The number of carbonyl (C=O) groups is 2. The van der Waals surface area contributed by atoms with Gasteiger partial charge in [-0.15, -0.1) is 0 Å². The van der Waals surface area contributed by atoms with E-state index in [9.17, 15) is 14.4 Å². The van der Waals surface area contributed by atoms with Crippen molar-refractivity contribution in [3.05, 3.63) is 20.7 Å². The quantitative estimate of drug-likeness (QED) is 0.872. The third kappa shape index (κ3) is 3.88. The number of hydrogen-bond acceptors (Lipinski definition) is 5. The zero-order chi connectivity index (χ0) is 15.4. The van der Waals surface area contributed by atoms with E-state index in [0.29, 0.717) is 25.3 Å². The molecule has 116 valence electrons. The van der Waals surface area contributed by atoms with Crippen LogP contribution >= 0.6 is 23.1 Å². The molecular formula is C13H18N2O4S2. The second kappa shape index (κ2) is 7.13. The van der Waals surface area contributed by atoms with Gasteiger partial charge in [-0.1, -0.05) is 11.3 Å². The van der Waals surface area contributed by atoms with Crippen molar-refractivity contribution in [3.8, 4) is 0 Å². The summed E-state index contributed by atoms with van der Waals surface area (Å²) in [6, 6.07) is -0.721. The van der Waals surface area contributed by atoms with Gasteiger partial charge in [0.15, 0.2) is 0 Å². The molecule has 1 N–H and O–H groups in total. The van der Waals surface area contributed by atoms with Gasteiger partial charge in [0.1, 0.15) is 6.04 Å². The maximum atomic E-state index is 12.2. The second-order valence-electron chi connectivity index (χ2n) is 4.91. The molecule has 1 atom stereocenters. The highest BCUT2D eigenvalue weighted by Gasteiger charge is 2.31. The first-order chi connectivity index (χ1) is 10.0. The Bertz CT molecular complexity index is 581. The molecule has 0 bridgehead atoms. The lowest BCUT2D eigenvalue weighted by atomic mass is 10.2. The number of rotatable bonds is 5. The molecule has 6 nitrogen and oxygen atoms in total. The molecule has 1 aromatic rings. The van der Waals surface area contributed by atoms with E-state index in [4.69, 9.17) is 5.11 Å². The van der Waals surface area contributed by atoms with Crippen molar-refractivity contribution >= 4 is 35.0 Å². The molecule has 1 amide bonds. The maximum Gasteiger partial charge on any atom is 0.327 e. The molecule has 0 spiro atoms. The van der Waals surface area contributed by atoms with Gasteiger partial charge in [-0.2, -0.15) is 11.8 Å². The third-order valence-electron chi connectivity index (χ3n) is 3.48. The Morgan fingerprint density at radius 2 is 2.24 bits per heavy atom. The van der Waals surface area contributed by atoms with Gasteiger partial charge in [0, 0.05) is 42.1 Å². The molecule has 1 aromatic heterocycles. The summed E-state index contributed by atoms with van der Waals surface area (Å²) in [4.78, 5) is 36.4. The first kappa shape index (κ1) is 16.1. The van der Waals surface area contributed by atoms with Gasteiger partial charge in [0.05, 0.1) is 0 Å². The molecule has 0 aliphatic carbocycles. The van der Waals surface area contributed by atoms with Crippen molar-refractivity contribution in [1.29, 1.82) is 0 Å². The van der Waals surface area contributed by atoms with E-state index in [0.717, 1.165) is 22.8 Å². The van der Waals surface area contributed by atoms with Gasteiger partial charge < -0.3 is 14.6 Å². The van der Waals surface area contributed by atoms with E-state index in [1.165, 1.54) is 4.90 Å². The summed E-state index contributed by atoms with van der Waals surface area (Å²) >= 11 is 2.71. The predicted octanol–water partition coefficient (Wildman–Crippen LogP) is 1.03. The number of aliphatic carboxylic acids is 1. The van der Waals surface area contributed by atoms with Crippen LogP contribution in [0.15, 0.2) is 10.2 Å². The van der Waals surface area contributed by atoms with Crippen LogP contribution in [-0.2, 0) is 16.1 Å². The van der Waals surface area contributed by atoms with Crippen molar-refractivity contribution in [3.63, 3.8) is 0 Å². The van der Waals surface area contributed by atoms with Gasteiger partial charge in [-0.25, -0.2) is 4.79 Å². The van der Waals surface area contributed by atoms with Gasteiger partial charge in [0.2, 0.25) is 5.91 Å². The van der Waals surface area contributed by atoms with E-state index in [1.807, 2.05) is 6.92 Å². The molecule has 1 fully saturated rings. The first-order valence-corrected chi connectivity index (χ1v) is 8.79. The lowest BCUT2D eigenvalue weighted by Crippen LogP contribution is -2.50. The predicted molar refractivity (Wildman–Crippen MR) is 83.0 cm³/mol. The number of nitrogens with zero attached hydrogens (tertiary/aromatic N) is 2. The van der Waals surface area contributed by atoms with E-state index < -0.39 is 12.0 Å². The van der Waals surface area contributed by atoms with Crippen LogP contribution in [0.2, 0.25) is 0 Å². The maximum absolute atomic E-state index is 12.2. The average molecular weight is 330 g/mol. The zero-order valence-corrected chi connectivity index (χ0v) is 13.4. The topological polar surface area (TPSA) is 79.6 Å². The Morgan fingerprint density at radius 1 is 1.48 bits per heavy atom. The monoisotopic (exact) mass is 330 g/mol. The lowest BCUT2D eigenvalue weighted by Gasteiger charge is -2.32. The highest BCUT2D eigenvalue weighted by atomic mass is 32.2. The SMILES string of the molecule is Cc1csc(=O)n1CCCC(=O)N1CCSCC1C(=O)O. The summed E-state index contributed by atoms with van der Waals surface area (Å²) in [5.41, 5.74) is 0.898. The summed E-state index contributed by atoms with van der Waals surface area (Å²) in [5.74, 6) is 0.145. The number of carboxylic acids is 1. The van der Waals surface area contributed by atoms with Crippen molar-refractivity contribution in [2.75, 3.05) is 18.1 Å². The molecule has 1 aliphatic rings. The summed E-state index contributed by atoms with van der Waals surface area (Å²) in [6.45, 7) is 2.85. The highest BCUT2D eigenvalue weighted by molar-refractivity contribution is 7.99. The van der Waals surface area contributed by atoms with Crippen LogP contribution in [0.4, 0.5) is 0 Å². The largest absolute Gasteiger partial charge is 0.480 e. The average Bonchev–Trinajstić information content (AvgIpc) is 2.78. The number of amides is 1. The zero-order valence-electron chi connectivity index (χ0n) is 11.8. The fourth-order valence-corrected chi connectivity index (χ4v) is 4.11. The van der Waals surface area contributed by atoms with Gasteiger partial charge in [0.25, 0.3) is 0 Å². The molecule has 0 aromatic carbocycles. The molecule has 1 saturated heterocycles. The summed E-state index contributed by atoms with van der Waals surface area (Å²) in [5, 5.41) is 11.0. The van der Waals surface area contributed by atoms with Crippen LogP contribution in [0.3, 0.4) is 0 Å². The van der Waals surface area contributed by atoms with Crippen molar-refractivity contribution in [2.24, 2.45) is 0 Å². The van der Waals surface area contributed by atoms with E-state index in [-0.39, 0.29) is 17.2 Å². The third-order valence-corrected chi connectivity index (χ3v) is 5.39. The Morgan fingerprint density at radius 3 is 2.86 bits per heavy atom. The van der Waals surface area contributed by atoms with E-state index >= 15 is 0 Å². The number of aromatic nitrogens is 1. The molecule has 0 radical (unpaired) electrons. The van der Waals surface area contributed by atoms with E-state index in [1.54, 1.807) is 21.7 Å². The van der Waals surface area contributed by atoms with Gasteiger partial charge in [-0.3, -0.25) is 9.59 Å². The molecular weight excluding hydrogens is 312 g/mol. The number of thiazole rings is 1. The smallest absolute Gasteiger partial charge is 0.327 e. The summed E-state index contributed by atoms with van der Waals surface area (Å²) in [7, 11) is 0. The Balaban J connectivity index is 1.89. The molecule has 1 aliphatic heterocycles. The molecule has 2 heterocycles. The van der Waals surface area contributed by atoms with Gasteiger partial charge >= 0.3 is 10.8 Å². The summed E-state index contributed by atoms with van der Waals surface area (Å²) in [6.07, 6.45) is 0.822. The summed E-state index contributed by atoms with van der Waals surface area (Å²) < 4.78 is 1.65. The van der Waals surface area contributed by atoms with Crippen molar-refractivity contribution in [2.45, 2.75) is 32.4 Å². The fraction of sp³-hybridized carbons (Fsp3) is 0.615. The number of hydrogen-bond donors (Lipinski definition) is 1. The fourth-order valence-electron chi connectivity index (χ4n) is 2.31. The van der Waals surface area contributed by atoms with Crippen LogP contribution in [0.5, 0.6) is 0 Å². The number of carbonyl (C=O) groups excluding carboxylic acids is 1. The minimum atomic E-state index is -0.944. The van der Waals surface area contributed by atoms with Gasteiger partial charge in [-0.05, 0) is 13.3 Å². The minimum Gasteiger partial charge on any atom is -0.480 e.